The largest absolute Gasteiger partial charge is 0.493 e. The van der Waals surface area contributed by atoms with Gasteiger partial charge in [0.2, 0.25) is 0 Å². The number of hydrogen-bond acceptors (Lipinski definition) is 7. The third-order valence-electron chi connectivity index (χ3n) is 4.75. The fraction of sp³-hybridized carbons (Fsp3) is 0.273. The monoisotopic (exact) mass is 458 g/mol. The fourth-order valence-corrected chi connectivity index (χ4v) is 4.63. The quantitative estimate of drug-likeness (QED) is 0.491. The first-order valence-corrected chi connectivity index (χ1v) is 10.7. The van der Waals surface area contributed by atoms with Crippen molar-refractivity contribution in [3.8, 4) is 22.8 Å². The topological polar surface area (TPSA) is 89.0 Å². The van der Waals surface area contributed by atoms with Gasteiger partial charge in [-0.1, -0.05) is 50.0 Å². The van der Waals surface area contributed by atoms with E-state index in [0.29, 0.717) is 27.7 Å². The summed E-state index contributed by atoms with van der Waals surface area (Å²) in [5.74, 6) is -0.578. The molecule has 2 aromatic rings. The Morgan fingerprint density at radius 1 is 1.23 bits per heavy atom. The van der Waals surface area contributed by atoms with E-state index in [4.69, 9.17) is 21.7 Å². The molecular formula is C22H22N2O5S2. The number of para-hydroxylation sites is 1. The maximum atomic E-state index is 12.8. The smallest absolute Gasteiger partial charge is 0.327 e. The molecule has 0 unspecified atom stereocenters. The van der Waals surface area contributed by atoms with E-state index in [9.17, 15) is 14.7 Å². The van der Waals surface area contributed by atoms with Gasteiger partial charge in [0.05, 0.1) is 24.8 Å². The van der Waals surface area contributed by atoms with Gasteiger partial charge in [0.15, 0.2) is 11.5 Å². The van der Waals surface area contributed by atoms with E-state index in [1.807, 2.05) is 24.3 Å². The second-order valence-corrected chi connectivity index (χ2v) is 8.77. The van der Waals surface area contributed by atoms with Crippen LogP contribution in [-0.2, 0) is 9.59 Å². The number of aromatic nitrogens is 1. The Bertz CT molecular complexity index is 1050. The molecule has 0 aliphatic carbocycles. The van der Waals surface area contributed by atoms with Gasteiger partial charge in [0.1, 0.15) is 10.4 Å². The molecule has 1 amide bonds. The number of ether oxygens (including phenoxy) is 2. The van der Waals surface area contributed by atoms with Gasteiger partial charge in [0, 0.05) is 11.8 Å². The molecule has 2 heterocycles. The maximum absolute atomic E-state index is 12.8. The van der Waals surface area contributed by atoms with Crippen molar-refractivity contribution in [2.24, 2.45) is 5.92 Å². The number of thioether (sulfide) groups is 1. The van der Waals surface area contributed by atoms with Gasteiger partial charge in [-0.2, -0.15) is 0 Å². The average Bonchev–Trinajstić information content (AvgIpc) is 3.01. The van der Waals surface area contributed by atoms with Crippen LogP contribution in [0.2, 0.25) is 0 Å². The number of benzene rings is 1. The van der Waals surface area contributed by atoms with Crippen molar-refractivity contribution in [3.63, 3.8) is 0 Å². The van der Waals surface area contributed by atoms with Crippen molar-refractivity contribution in [2.45, 2.75) is 19.9 Å². The van der Waals surface area contributed by atoms with Gasteiger partial charge in [-0.3, -0.25) is 14.7 Å². The number of nitrogens with zero attached hydrogens (tertiary/aromatic N) is 2. The van der Waals surface area contributed by atoms with E-state index in [-0.39, 0.29) is 10.2 Å². The van der Waals surface area contributed by atoms with Crippen molar-refractivity contribution >= 4 is 46.3 Å². The van der Waals surface area contributed by atoms with Crippen LogP contribution in [0.3, 0.4) is 0 Å². The van der Waals surface area contributed by atoms with Gasteiger partial charge >= 0.3 is 5.97 Å². The van der Waals surface area contributed by atoms with Crippen molar-refractivity contribution < 1.29 is 24.2 Å². The summed E-state index contributed by atoms with van der Waals surface area (Å²) in [6.45, 7) is 3.49. The van der Waals surface area contributed by atoms with Gasteiger partial charge in [0.25, 0.3) is 5.91 Å². The first-order chi connectivity index (χ1) is 14.8. The van der Waals surface area contributed by atoms with E-state index in [1.54, 1.807) is 46.4 Å². The van der Waals surface area contributed by atoms with Gasteiger partial charge in [-0.05, 0) is 35.8 Å². The molecule has 1 saturated heterocycles. The highest BCUT2D eigenvalue weighted by molar-refractivity contribution is 8.26. The molecule has 1 atom stereocenters. The van der Waals surface area contributed by atoms with Gasteiger partial charge < -0.3 is 14.6 Å². The normalized spacial score (nSPS) is 16.2. The molecule has 7 nitrogen and oxygen atoms in total. The zero-order chi connectivity index (χ0) is 22.7. The molecule has 1 fully saturated rings. The highest BCUT2D eigenvalue weighted by Gasteiger charge is 2.41. The van der Waals surface area contributed by atoms with Crippen molar-refractivity contribution in [3.05, 3.63) is 47.0 Å². The molecule has 0 bridgehead atoms. The number of methoxy groups -OCH3 is 2. The summed E-state index contributed by atoms with van der Waals surface area (Å²) >= 11 is 6.38. The fourth-order valence-electron chi connectivity index (χ4n) is 3.30. The first-order valence-electron chi connectivity index (χ1n) is 9.45. The molecule has 1 aliphatic rings. The molecule has 1 aromatic carbocycles. The Balaban J connectivity index is 1.89. The molecule has 1 N–H and O–H groups in total. The number of rotatable bonds is 7. The minimum atomic E-state index is -1.08. The van der Waals surface area contributed by atoms with Crippen molar-refractivity contribution in [1.29, 1.82) is 0 Å². The van der Waals surface area contributed by atoms with Crippen LogP contribution in [0.5, 0.6) is 11.5 Å². The SMILES string of the molecule is COc1cccc(-c2ccc(/C=C3\SC(=S)N([C@H](C(=O)O)C(C)C)C3=O)cn2)c1OC. The molecule has 0 radical (unpaired) electrons. The molecular weight excluding hydrogens is 436 g/mol. The summed E-state index contributed by atoms with van der Waals surface area (Å²) in [7, 11) is 3.14. The van der Waals surface area contributed by atoms with E-state index in [1.165, 1.54) is 4.90 Å². The molecule has 3 rings (SSSR count). The number of amides is 1. The minimum absolute atomic E-state index is 0.239. The Morgan fingerprint density at radius 2 is 1.97 bits per heavy atom. The van der Waals surface area contributed by atoms with Crippen LogP contribution in [0.1, 0.15) is 19.4 Å². The summed E-state index contributed by atoms with van der Waals surface area (Å²) in [6.07, 6.45) is 3.30. The molecule has 31 heavy (non-hydrogen) atoms. The van der Waals surface area contributed by atoms with Gasteiger partial charge in [-0.25, -0.2) is 4.79 Å². The van der Waals surface area contributed by atoms with E-state index in [0.717, 1.165) is 17.3 Å². The van der Waals surface area contributed by atoms with Crippen LogP contribution in [0.25, 0.3) is 17.3 Å². The van der Waals surface area contributed by atoms with Crippen LogP contribution in [0.4, 0.5) is 0 Å². The number of pyridine rings is 1. The predicted octanol–water partition coefficient (Wildman–Crippen LogP) is 4.08. The van der Waals surface area contributed by atoms with Crippen LogP contribution in [0, 0.1) is 5.92 Å². The lowest BCUT2D eigenvalue weighted by Gasteiger charge is -2.26. The molecule has 162 valence electrons. The maximum Gasteiger partial charge on any atom is 0.327 e. The third-order valence-corrected chi connectivity index (χ3v) is 6.08. The zero-order valence-corrected chi connectivity index (χ0v) is 19.1. The van der Waals surface area contributed by atoms with Crippen LogP contribution in [0.15, 0.2) is 41.4 Å². The molecule has 1 aliphatic heterocycles. The van der Waals surface area contributed by atoms with Crippen LogP contribution in [-0.4, -0.2) is 51.4 Å². The summed E-state index contributed by atoms with van der Waals surface area (Å²) in [6, 6.07) is 8.18. The summed E-state index contributed by atoms with van der Waals surface area (Å²) in [4.78, 5) is 30.5. The lowest BCUT2D eigenvalue weighted by molar-refractivity contribution is -0.146. The lowest BCUT2D eigenvalue weighted by atomic mass is 10.0. The Kier molecular flexibility index (Phi) is 6.97. The first kappa shape index (κ1) is 22.8. The summed E-state index contributed by atoms with van der Waals surface area (Å²) < 4.78 is 11.0. The molecule has 0 spiro atoms. The summed E-state index contributed by atoms with van der Waals surface area (Å²) in [5, 5.41) is 9.52. The van der Waals surface area contributed by atoms with E-state index >= 15 is 0 Å². The predicted molar refractivity (Wildman–Crippen MR) is 124 cm³/mol. The van der Waals surface area contributed by atoms with E-state index in [2.05, 4.69) is 4.98 Å². The average molecular weight is 459 g/mol. The highest BCUT2D eigenvalue weighted by Crippen LogP contribution is 2.38. The number of carboxylic acid groups (broad SMARTS) is 1. The van der Waals surface area contributed by atoms with Crippen LogP contribution < -0.4 is 9.47 Å². The zero-order valence-electron chi connectivity index (χ0n) is 17.5. The number of thiocarbonyl (C=S) groups is 1. The minimum Gasteiger partial charge on any atom is -0.493 e. The Labute approximate surface area is 190 Å². The Morgan fingerprint density at radius 3 is 2.52 bits per heavy atom. The number of aliphatic carboxylic acids is 1. The highest BCUT2D eigenvalue weighted by atomic mass is 32.2. The molecule has 0 saturated carbocycles. The number of carbonyl (C=O) groups is 2. The standard InChI is InChI=1S/C22H22N2O5S2/c1-12(2)18(21(26)27)24-20(25)17(31-22(24)30)10-13-8-9-15(23-11-13)14-6-5-7-16(28-3)19(14)29-4/h5-12,18H,1-4H3,(H,26,27)/b17-10-/t18-/m0/s1. The second kappa shape index (κ2) is 9.49. The number of carbonyl (C=O) groups excluding carboxylic acids is 1. The second-order valence-electron chi connectivity index (χ2n) is 7.10. The third kappa shape index (κ3) is 4.57. The Hall–Kier alpha value is -2.91. The number of carboxylic acids is 1. The van der Waals surface area contributed by atoms with E-state index < -0.39 is 17.9 Å². The van der Waals surface area contributed by atoms with Crippen LogP contribution >= 0.6 is 24.0 Å². The molecule has 1 aromatic heterocycles. The van der Waals surface area contributed by atoms with Crippen molar-refractivity contribution in [2.75, 3.05) is 14.2 Å². The summed E-state index contributed by atoms with van der Waals surface area (Å²) in [5.41, 5.74) is 2.16. The van der Waals surface area contributed by atoms with Crippen molar-refractivity contribution in [1.82, 2.24) is 9.88 Å². The number of hydrogen-bond donors (Lipinski definition) is 1. The molecule has 9 heteroatoms. The lowest BCUT2D eigenvalue weighted by Crippen LogP contribution is -2.47. The van der Waals surface area contributed by atoms with Gasteiger partial charge in [-0.15, -0.1) is 0 Å².